The van der Waals surface area contributed by atoms with Crippen LogP contribution in [-0.4, -0.2) is 65.8 Å². The number of rotatable bonds is 8. The summed E-state index contributed by atoms with van der Waals surface area (Å²) < 4.78 is 23.1. The molecule has 1 fully saturated rings. The summed E-state index contributed by atoms with van der Waals surface area (Å²) in [6.07, 6.45) is -4.24. The minimum atomic E-state index is -4.40. The lowest BCUT2D eigenvalue weighted by molar-refractivity contribution is -0.0610. The maximum Gasteiger partial charge on any atom is 0.350 e. The van der Waals surface area contributed by atoms with Gasteiger partial charge in [0.25, 0.3) is 0 Å². The molecule has 36 heavy (non-hydrogen) atoms. The SMILES string of the molecule is C[C@@H](Nc1nc(C#N)nc2c1ccn2[C@@H]1O[C@H](COCP(=O)(O)O)[C@@H](O)[C@H]1O)c1ccc(C#N)cc1. The number of aliphatic hydroxyl groups is 2. The number of hydrogen-bond acceptors (Lipinski definition) is 10. The molecule has 0 spiro atoms. The fraction of sp³-hybridized carbons (Fsp3) is 0.364. The van der Waals surface area contributed by atoms with Gasteiger partial charge in [-0.1, -0.05) is 12.1 Å². The summed E-state index contributed by atoms with van der Waals surface area (Å²) in [6.45, 7) is 1.53. The number of ether oxygens (including phenoxy) is 2. The van der Waals surface area contributed by atoms with Crippen LogP contribution in [0.5, 0.6) is 0 Å². The first-order valence-corrected chi connectivity index (χ1v) is 12.6. The van der Waals surface area contributed by atoms with Gasteiger partial charge in [0.15, 0.2) is 6.23 Å². The molecule has 1 aliphatic heterocycles. The van der Waals surface area contributed by atoms with E-state index >= 15 is 0 Å². The zero-order valence-corrected chi connectivity index (χ0v) is 19.9. The minimum Gasteiger partial charge on any atom is -0.387 e. The molecule has 0 bridgehead atoms. The topological polar surface area (TPSA) is 207 Å². The highest BCUT2D eigenvalue weighted by Gasteiger charge is 2.44. The van der Waals surface area contributed by atoms with E-state index in [0.717, 1.165) is 5.56 Å². The van der Waals surface area contributed by atoms with Crippen molar-refractivity contribution >= 4 is 24.4 Å². The molecule has 1 saturated heterocycles. The average Bonchev–Trinajstić information content (AvgIpc) is 3.39. The number of nitrogens with one attached hydrogen (secondary N) is 1. The van der Waals surface area contributed by atoms with Crippen molar-refractivity contribution in [2.45, 2.75) is 37.5 Å². The van der Waals surface area contributed by atoms with Gasteiger partial charge >= 0.3 is 7.60 Å². The predicted octanol–water partition coefficient (Wildman–Crippen LogP) is 1.12. The molecule has 1 aliphatic rings. The first kappa shape index (κ1) is 25.7. The number of nitriles is 2. The summed E-state index contributed by atoms with van der Waals surface area (Å²) in [4.78, 5) is 26.4. The maximum atomic E-state index is 11.0. The Morgan fingerprint density at radius 3 is 2.53 bits per heavy atom. The molecule has 13 nitrogen and oxygen atoms in total. The Balaban J connectivity index is 1.60. The summed E-state index contributed by atoms with van der Waals surface area (Å²) in [6, 6.07) is 12.4. The van der Waals surface area contributed by atoms with E-state index in [4.69, 9.17) is 24.5 Å². The summed E-state index contributed by atoms with van der Waals surface area (Å²) in [5.74, 6) is 0.230. The third-order valence-electron chi connectivity index (χ3n) is 5.72. The zero-order valence-electron chi connectivity index (χ0n) is 19.0. The highest BCUT2D eigenvalue weighted by Crippen LogP contribution is 2.36. The number of hydrogen-bond donors (Lipinski definition) is 5. The minimum absolute atomic E-state index is 0.133. The molecule has 4 rings (SSSR count). The van der Waals surface area contributed by atoms with Gasteiger partial charge < -0.3 is 39.4 Å². The molecule has 0 aliphatic carbocycles. The molecule has 0 saturated carbocycles. The summed E-state index contributed by atoms with van der Waals surface area (Å²) >= 11 is 0. The van der Waals surface area contributed by atoms with E-state index in [1.54, 1.807) is 24.4 Å². The highest BCUT2D eigenvalue weighted by molar-refractivity contribution is 7.51. The average molecular weight is 514 g/mol. The fourth-order valence-corrected chi connectivity index (χ4v) is 4.26. The number of benzene rings is 1. The van der Waals surface area contributed by atoms with Gasteiger partial charge in [-0.3, -0.25) is 4.57 Å². The van der Waals surface area contributed by atoms with Crippen molar-refractivity contribution in [1.29, 1.82) is 10.5 Å². The zero-order chi connectivity index (χ0) is 26.0. The second kappa shape index (κ2) is 10.3. The third kappa shape index (κ3) is 5.38. The molecule has 3 aromatic rings. The molecule has 14 heteroatoms. The molecule has 0 amide bonds. The van der Waals surface area contributed by atoms with E-state index in [9.17, 15) is 20.0 Å². The Bertz CT molecular complexity index is 1380. The Labute approximate surface area is 205 Å². The van der Waals surface area contributed by atoms with Gasteiger partial charge in [-0.2, -0.15) is 10.5 Å². The van der Waals surface area contributed by atoms with Crippen LogP contribution in [0.3, 0.4) is 0 Å². The first-order chi connectivity index (χ1) is 17.1. The Morgan fingerprint density at radius 1 is 1.17 bits per heavy atom. The van der Waals surface area contributed by atoms with Crippen molar-refractivity contribution in [2.75, 3.05) is 18.3 Å². The van der Waals surface area contributed by atoms with Crippen LogP contribution in [0.15, 0.2) is 36.5 Å². The normalized spacial score (nSPS) is 22.8. The van der Waals surface area contributed by atoms with E-state index in [0.29, 0.717) is 16.8 Å². The Hall–Kier alpha value is -3.39. The van der Waals surface area contributed by atoms with Gasteiger partial charge in [-0.05, 0) is 30.7 Å². The van der Waals surface area contributed by atoms with Gasteiger partial charge in [0, 0.05) is 12.2 Å². The summed E-state index contributed by atoms with van der Waals surface area (Å²) in [5, 5.41) is 43.2. The van der Waals surface area contributed by atoms with Crippen LogP contribution in [0.4, 0.5) is 5.82 Å². The predicted molar refractivity (Wildman–Crippen MR) is 124 cm³/mol. The van der Waals surface area contributed by atoms with Gasteiger partial charge in [0.05, 0.1) is 23.6 Å². The van der Waals surface area contributed by atoms with E-state index in [-0.39, 0.29) is 24.1 Å². The van der Waals surface area contributed by atoms with Gasteiger partial charge in [-0.25, -0.2) is 9.97 Å². The van der Waals surface area contributed by atoms with Crippen molar-refractivity contribution in [3.8, 4) is 12.1 Å². The number of nitrogens with zero attached hydrogens (tertiary/aromatic N) is 5. The lowest BCUT2D eigenvalue weighted by Gasteiger charge is -2.19. The molecule has 0 unspecified atom stereocenters. The number of fused-ring (bicyclic) bond motifs is 1. The molecular formula is C22H23N6O7P. The van der Waals surface area contributed by atoms with Crippen molar-refractivity contribution in [3.63, 3.8) is 0 Å². The van der Waals surface area contributed by atoms with Crippen LogP contribution in [0.2, 0.25) is 0 Å². The van der Waals surface area contributed by atoms with Crippen molar-refractivity contribution in [1.82, 2.24) is 14.5 Å². The lowest BCUT2D eigenvalue weighted by atomic mass is 10.1. The molecule has 188 valence electrons. The number of anilines is 1. The van der Waals surface area contributed by atoms with Crippen LogP contribution in [0.1, 0.15) is 36.1 Å². The molecule has 5 atom stereocenters. The second-order valence-corrected chi connectivity index (χ2v) is 9.87. The second-order valence-electron chi connectivity index (χ2n) is 8.28. The molecular weight excluding hydrogens is 491 g/mol. The Morgan fingerprint density at radius 2 is 1.89 bits per heavy atom. The largest absolute Gasteiger partial charge is 0.387 e. The van der Waals surface area contributed by atoms with Crippen molar-refractivity contribution < 1.29 is 34.0 Å². The van der Waals surface area contributed by atoms with Crippen molar-refractivity contribution in [2.24, 2.45) is 0 Å². The fourth-order valence-electron chi connectivity index (χ4n) is 3.92. The van der Waals surface area contributed by atoms with Gasteiger partial charge in [0.2, 0.25) is 5.82 Å². The standard InChI is InChI=1S/C22H23N6O7P/c1-12(14-4-2-13(8-23)3-5-14)25-20-15-6-7-28(21(15)27-17(9-24)26-20)22-19(30)18(29)16(35-22)10-34-11-36(31,32)33/h2-7,12,16,18-19,22,29-30H,10-11H2,1H3,(H,25,26,27)(H2,31,32,33)/t12-,16-,18-,19-,22-/m1/s1. The van der Waals surface area contributed by atoms with E-state index in [1.165, 1.54) is 4.57 Å². The summed E-state index contributed by atoms with van der Waals surface area (Å²) in [5.41, 5.74) is 1.68. The summed E-state index contributed by atoms with van der Waals surface area (Å²) in [7, 11) is -4.40. The van der Waals surface area contributed by atoms with Gasteiger partial charge in [-0.15, -0.1) is 0 Å². The van der Waals surface area contributed by atoms with Crippen LogP contribution in [0, 0.1) is 22.7 Å². The number of aliphatic hydroxyl groups excluding tert-OH is 2. The lowest BCUT2D eigenvalue weighted by Crippen LogP contribution is -2.33. The third-order valence-corrected chi connectivity index (χ3v) is 6.24. The van der Waals surface area contributed by atoms with E-state index in [1.807, 2.05) is 25.1 Å². The molecule has 5 N–H and O–H groups in total. The van der Waals surface area contributed by atoms with E-state index in [2.05, 4.69) is 21.4 Å². The first-order valence-electron chi connectivity index (χ1n) is 10.8. The van der Waals surface area contributed by atoms with E-state index < -0.39 is 38.5 Å². The molecule has 0 radical (unpaired) electrons. The van der Waals surface area contributed by atoms with Crippen LogP contribution in [-0.2, 0) is 14.0 Å². The quantitative estimate of drug-likeness (QED) is 0.268. The molecule has 3 heterocycles. The smallest absolute Gasteiger partial charge is 0.350 e. The highest BCUT2D eigenvalue weighted by atomic mass is 31.2. The maximum absolute atomic E-state index is 11.0. The van der Waals surface area contributed by atoms with Crippen molar-refractivity contribution in [3.05, 3.63) is 53.5 Å². The van der Waals surface area contributed by atoms with Crippen LogP contribution in [0.25, 0.3) is 11.0 Å². The molecule has 2 aromatic heterocycles. The Kier molecular flexibility index (Phi) is 7.36. The van der Waals surface area contributed by atoms with Crippen LogP contribution < -0.4 is 5.32 Å². The van der Waals surface area contributed by atoms with Crippen LogP contribution >= 0.6 is 7.60 Å². The monoisotopic (exact) mass is 514 g/mol. The van der Waals surface area contributed by atoms with Gasteiger partial charge in [0.1, 0.15) is 42.2 Å². The number of aromatic nitrogens is 3. The molecule has 1 aromatic carbocycles.